The second kappa shape index (κ2) is 7.10. The van der Waals surface area contributed by atoms with Crippen LogP contribution in [0.3, 0.4) is 0 Å². The molecule has 0 saturated carbocycles. The number of aromatic nitrogens is 1. The third kappa shape index (κ3) is 3.84. The highest BCUT2D eigenvalue weighted by atomic mass is 16.5. The van der Waals surface area contributed by atoms with E-state index >= 15 is 0 Å². The second-order valence-corrected chi connectivity index (χ2v) is 5.03. The van der Waals surface area contributed by atoms with E-state index in [0.717, 1.165) is 42.4 Å². The summed E-state index contributed by atoms with van der Waals surface area (Å²) in [6, 6.07) is 8.32. The van der Waals surface area contributed by atoms with Crippen LogP contribution >= 0.6 is 0 Å². The maximum absolute atomic E-state index is 5.80. The van der Waals surface area contributed by atoms with Gasteiger partial charge < -0.3 is 14.5 Å². The zero-order valence-electron chi connectivity index (χ0n) is 12.3. The van der Waals surface area contributed by atoms with Crippen molar-refractivity contribution in [2.24, 2.45) is 0 Å². The van der Waals surface area contributed by atoms with Crippen LogP contribution in [0.5, 0.6) is 5.75 Å². The number of methoxy groups -OCH3 is 1. The van der Waals surface area contributed by atoms with Crippen molar-refractivity contribution in [3.8, 4) is 17.1 Å². The van der Waals surface area contributed by atoms with Crippen molar-refractivity contribution in [3.05, 3.63) is 36.4 Å². The minimum Gasteiger partial charge on any atom is -0.496 e. The van der Waals surface area contributed by atoms with E-state index in [-0.39, 0.29) is 0 Å². The van der Waals surface area contributed by atoms with Gasteiger partial charge in [0.1, 0.15) is 5.75 Å². The molecule has 108 valence electrons. The van der Waals surface area contributed by atoms with Crippen molar-refractivity contribution in [3.63, 3.8) is 0 Å². The van der Waals surface area contributed by atoms with E-state index in [9.17, 15) is 0 Å². The molecule has 1 aromatic carbocycles. The number of hydrogen-bond acceptors (Lipinski definition) is 4. The van der Waals surface area contributed by atoms with E-state index in [1.54, 1.807) is 13.3 Å². The zero-order chi connectivity index (χ0) is 14.4. The summed E-state index contributed by atoms with van der Waals surface area (Å²) in [6.45, 7) is 5.26. The standard InChI is InChI=1S/C16H22N2O2/c1-12(2)17-10-6-9-16-18-11-15(20-16)13-7-4-5-8-14(13)19-3/h4-5,7-8,11-12,17H,6,9-10H2,1-3H3. The molecule has 0 amide bonds. The van der Waals surface area contributed by atoms with Crippen molar-refractivity contribution in [2.45, 2.75) is 32.7 Å². The van der Waals surface area contributed by atoms with Gasteiger partial charge in [0, 0.05) is 12.5 Å². The molecule has 0 aliphatic rings. The average molecular weight is 274 g/mol. The molecule has 4 nitrogen and oxygen atoms in total. The molecule has 0 aliphatic carbocycles. The van der Waals surface area contributed by atoms with Gasteiger partial charge in [-0.15, -0.1) is 0 Å². The predicted octanol–water partition coefficient (Wildman–Crippen LogP) is 3.28. The van der Waals surface area contributed by atoms with Gasteiger partial charge in [0.25, 0.3) is 0 Å². The lowest BCUT2D eigenvalue weighted by Crippen LogP contribution is -2.23. The molecular formula is C16H22N2O2. The van der Waals surface area contributed by atoms with Crippen LogP contribution in [0.1, 0.15) is 26.2 Å². The highest BCUT2D eigenvalue weighted by Crippen LogP contribution is 2.29. The van der Waals surface area contributed by atoms with Crippen LogP contribution in [0.25, 0.3) is 11.3 Å². The van der Waals surface area contributed by atoms with Gasteiger partial charge in [-0.3, -0.25) is 0 Å². The first kappa shape index (κ1) is 14.6. The summed E-state index contributed by atoms with van der Waals surface area (Å²) in [5, 5.41) is 3.38. The molecule has 0 fully saturated rings. The summed E-state index contributed by atoms with van der Waals surface area (Å²) < 4.78 is 11.1. The Morgan fingerprint density at radius 3 is 2.85 bits per heavy atom. The summed E-state index contributed by atoms with van der Waals surface area (Å²) >= 11 is 0. The van der Waals surface area contributed by atoms with Gasteiger partial charge >= 0.3 is 0 Å². The van der Waals surface area contributed by atoms with E-state index in [0.29, 0.717) is 6.04 Å². The number of nitrogens with zero attached hydrogens (tertiary/aromatic N) is 1. The van der Waals surface area contributed by atoms with Crippen LogP contribution < -0.4 is 10.1 Å². The third-order valence-corrected chi connectivity index (χ3v) is 3.05. The van der Waals surface area contributed by atoms with E-state index in [1.807, 2.05) is 24.3 Å². The number of aryl methyl sites for hydroxylation is 1. The topological polar surface area (TPSA) is 47.3 Å². The van der Waals surface area contributed by atoms with Crippen molar-refractivity contribution in [2.75, 3.05) is 13.7 Å². The van der Waals surface area contributed by atoms with Crippen molar-refractivity contribution in [1.29, 1.82) is 0 Å². The lowest BCUT2D eigenvalue weighted by Gasteiger charge is -2.06. The number of rotatable bonds is 7. The fourth-order valence-corrected chi connectivity index (χ4v) is 2.03. The molecule has 1 heterocycles. The fraction of sp³-hybridized carbons (Fsp3) is 0.438. The zero-order valence-corrected chi connectivity index (χ0v) is 12.3. The highest BCUT2D eigenvalue weighted by molar-refractivity contribution is 5.64. The number of para-hydroxylation sites is 1. The molecule has 1 N–H and O–H groups in total. The van der Waals surface area contributed by atoms with Crippen LogP contribution in [0, 0.1) is 0 Å². The molecule has 4 heteroatoms. The average Bonchev–Trinajstić information content (AvgIpc) is 2.92. The molecule has 1 aromatic heterocycles. The monoisotopic (exact) mass is 274 g/mol. The second-order valence-electron chi connectivity index (χ2n) is 5.03. The van der Waals surface area contributed by atoms with Gasteiger partial charge in [0.2, 0.25) is 0 Å². The lowest BCUT2D eigenvalue weighted by atomic mass is 10.1. The van der Waals surface area contributed by atoms with Gasteiger partial charge in [-0.1, -0.05) is 26.0 Å². The van der Waals surface area contributed by atoms with Crippen LogP contribution in [-0.2, 0) is 6.42 Å². The molecule has 0 atom stereocenters. The number of benzene rings is 1. The van der Waals surface area contributed by atoms with Crippen LogP contribution in [0.4, 0.5) is 0 Å². The molecule has 0 unspecified atom stereocenters. The first-order valence-electron chi connectivity index (χ1n) is 7.02. The van der Waals surface area contributed by atoms with E-state index in [2.05, 4.69) is 24.1 Å². The molecule has 0 radical (unpaired) electrons. The molecule has 0 bridgehead atoms. The van der Waals surface area contributed by atoms with Gasteiger partial charge in [-0.2, -0.15) is 0 Å². The van der Waals surface area contributed by atoms with Gasteiger partial charge in [-0.25, -0.2) is 4.98 Å². The first-order valence-corrected chi connectivity index (χ1v) is 7.02. The van der Waals surface area contributed by atoms with E-state index in [4.69, 9.17) is 9.15 Å². The Balaban J connectivity index is 1.98. The van der Waals surface area contributed by atoms with Gasteiger partial charge in [-0.05, 0) is 25.1 Å². The Labute approximate surface area is 120 Å². The number of ether oxygens (including phenoxy) is 1. The van der Waals surface area contributed by atoms with Crippen molar-refractivity contribution in [1.82, 2.24) is 10.3 Å². The van der Waals surface area contributed by atoms with Crippen LogP contribution in [0.15, 0.2) is 34.9 Å². The Morgan fingerprint density at radius 2 is 2.10 bits per heavy atom. The largest absolute Gasteiger partial charge is 0.496 e. The normalized spacial score (nSPS) is 11.0. The Bertz CT molecular complexity index is 535. The smallest absolute Gasteiger partial charge is 0.194 e. The van der Waals surface area contributed by atoms with E-state index < -0.39 is 0 Å². The maximum atomic E-state index is 5.80. The van der Waals surface area contributed by atoms with Gasteiger partial charge in [0.15, 0.2) is 11.7 Å². The lowest BCUT2D eigenvalue weighted by molar-refractivity contribution is 0.413. The predicted molar refractivity (Wildman–Crippen MR) is 80.0 cm³/mol. The van der Waals surface area contributed by atoms with Crippen molar-refractivity contribution >= 4 is 0 Å². The molecule has 0 saturated heterocycles. The SMILES string of the molecule is COc1ccccc1-c1cnc(CCCNC(C)C)o1. The summed E-state index contributed by atoms with van der Waals surface area (Å²) in [7, 11) is 1.66. The minimum atomic E-state index is 0.517. The Kier molecular flexibility index (Phi) is 5.18. The molecule has 0 spiro atoms. The highest BCUT2D eigenvalue weighted by Gasteiger charge is 2.10. The summed E-state index contributed by atoms with van der Waals surface area (Å²) in [6.07, 6.45) is 3.63. The minimum absolute atomic E-state index is 0.517. The Morgan fingerprint density at radius 1 is 1.30 bits per heavy atom. The molecule has 2 rings (SSSR count). The quantitative estimate of drug-likeness (QED) is 0.787. The van der Waals surface area contributed by atoms with Crippen molar-refractivity contribution < 1.29 is 9.15 Å². The van der Waals surface area contributed by atoms with E-state index in [1.165, 1.54) is 0 Å². The number of nitrogens with one attached hydrogen (secondary N) is 1. The summed E-state index contributed by atoms with van der Waals surface area (Å²) in [5.41, 5.74) is 0.939. The fourth-order valence-electron chi connectivity index (χ4n) is 2.03. The molecule has 2 aromatic rings. The molecule has 0 aliphatic heterocycles. The first-order chi connectivity index (χ1) is 9.70. The Hall–Kier alpha value is -1.81. The van der Waals surface area contributed by atoms with Crippen LogP contribution in [-0.4, -0.2) is 24.7 Å². The van der Waals surface area contributed by atoms with Gasteiger partial charge in [0.05, 0.1) is 18.9 Å². The molecular weight excluding hydrogens is 252 g/mol. The summed E-state index contributed by atoms with van der Waals surface area (Å²) in [5.74, 6) is 2.34. The third-order valence-electron chi connectivity index (χ3n) is 3.05. The number of oxazole rings is 1. The van der Waals surface area contributed by atoms with Crippen LogP contribution in [0.2, 0.25) is 0 Å². The number of hydrogen-bond donors (Lipinski definition) is 1. The summed E-state index contributed by atoms with van der Waals surface area (Å²) in [4.78, 5) is 4.33. The molecule has 20 heavy (non-hydrogen) atoms. The maximum Gasteiger partial charge on any atom is 0.194 e.